The van der Waals surface area contributed by atoms with Crippen LogP contribution in [0.4, 0.5) is 0 Å². The highest BCUT2D eigenvalue weighted by molar-refractivity contribution is 7.47. The Labute approximate surface area is 612 Å². The van der Waals surface area contributed by atoms with Crippen LogP contribution in [-0.2, 0) is 32.7 Å². The monoisotopic (exact) mass is 1400 g/mol. The van der Waals surface area contributed by atoms with Gasteiger partial charge in [-0.3, -0.25) is 18.6 Å². The number of likely N-dealkylation sites (N-methyl/N-ethyl adjacent to an activating group) is 1. The van der Waals surface area contributed by atoms with Crippen molar-refractivity contribution < 1.29 is 42.1 Å². The maximum absolute atomic E-state index is 12.9. The highest BCUT2D eigenvalue weighted by Gasteiger charge is 2.27. The number of phosphoric ester groups is 1. The van der Waals surface area contributed by atoms with Gasteiger partial charge < -0.3 is 18.9 Å². The Morgan fingerprint density at radius 1 is 0.316 bits per heavy atom. The lowest BCUT2D eigenvalue weighted by Crippen LogP contribution is -2.37. The van der Waals surface area contributed by atoms with Gasteiger partial charge >= 0.3 is 19.8 Å². The summed E-state index contributed by atoms with van der Waals surface area (Å²) >= 11 is 0. The summed E-state index contributed by atoms with van der Waals surface area (Å²) in [5, 5.41) is 0. The summed E-state index contributed by atoms with van der Waals surface area (Å²) in [6, 6.07) is 0. The van der Waals surface area contributed by atoms with E-state index in [1.54, 1.807) is 0 Å². The number of ether oxygens (including phenoxy) is 2. The molecule has 0 saturated carbocycles. The summed E-state index contributed by atoms with van der Waals surface area (Å²) in [6.45, 7) is 4.51. The molecule has 1 N–H and O–H groups in total. The van der Waals surface area contributed by atoms with Crippen molar-refractivity contribution in [3.05, 3.63) is 36.5 Å². The Morgan fingerprint density at radius 2 is 0.551 bits per heavy atom. The number of carbonyl (C=O) groups is 2. The van der Waals surface area contributed by atoms with Gasteiger partial charge in [0.2, 0.25) is 0 Å². The molecule has 0 saturated heterocycles. The summed E-state index contributed by atoms with van der Waals surface area (Å²) < 4.78 is 34.9. The lowest BCUT2D eigenvalue weighted by atomic mass is 10.0. The Bertz CT molecular complexity index is 1740. The predicted octanol–water partition coefficient (Wildman–Crippen LogP) is 29.3. The first-order chi connectivity index (χ1) is 48.0. The molecule has 0 aromatic heterocycles. The number of phosphoric acid groups is 1. The van der Waals surface area contributed by atoms with Crippen LogP contribution in [0, 0.1) is 0 Å². The van der Waals surface area contributed by atoms with Gasteiger partial charge in [-0.2, -0.15) is 0 Å². The Hall–Kier alpha value is -1.77. The maximum atomic E-state index is 12.9. The molecule has 0 aromatic carbocycles. The number of quaternary nitrogens is 1. The van der Waals surface area contributed by atoms with Crippen molar-refractivity contribution in [2.75, 3.05) is 47.5 Å². The molecule has 0 fully saturated rings. The van der Waals surface area contributed by atoms with E-state index in [1.165, 1.54) is 392 Å². The number of hydrogen-bond donors (Lipinski definition) is 1. The van der Waals surface area contributed by atoms with E-state index in [0.717, 1.165) is 38.5 Å². The lowest BCUT2D eigenvalue weighted by molar-refractivity contribution is -0.870. The van der Waals surface area contributed by atoms with Crippen molar-refractivity contribution in [1.82, 2.24) is 0 Å². The summed E-state index contributed by atoms with van der Waals surface area (Å²) in [5.74, 6) is -0.768. The zero-order chi connectivity index (χ0) is 71.1. The van der Waals surface area contributed by atoms with Gasteiger partial charge in [0.15, 0.2) is 6.10 Å². The van der Waals surface area contributed by atoms with E-state index in [-0.39, 0.29) is 25.6 Å². The second-order valence-corrected chi connectivity index (χ2v) is 32.7. The zero-order valence-electron chi connectivity index (χ0n) is 66.6. The quantitative estimate of drug-likeness (QED) is 0.0211. The highest BCUT2D eigenvalue weighted by Crippen LogP contribution is 2.43. The molecule has 0 rings (SSSR count). The number of unbranched alkanes of at least 4 members (excludes halogenated alkanes) is 63. The third kappa shape index (κ3) is 83.2. The van der Waals surface area contributed by atoms with Crippen molar-refractivity contribution in [2.45, 2.75) is 469 Å². The molecular formula is C88H171NO8P+. The molecule has 0 spiro atoms. The van der Waals surface area contributed by atoms with E-state index < -0.39 is 26.5 Å². The van der Waals surface area contributed by atoms with Gasteiger partial charge in [-0.1, -0.05) is 416 Å². The molecule has 9 nitrogen and oxygen atoms in total. The first-order valence-electron chi connectivity index (χ1n) is 43.7. The molecule has 98 heavy (non-hydrogen) atoms. The molecule has 0 heterocycles. The van der Waals surface area contributed by atoms with Gasteiger partial charge in [-0.25, -0.2) is 4.57 Å². The van der Waals surface area contributed by atoms with Crippen molar-refractivity contribution >= 4 is 19.8 Å². The zero-order valence-corrected chi connectivity index (χ0v) is 67.5. The molecule has 0 aromatic rings. The molecule has 0 bridgehead atoms. The standard InChI is InChI=1S/C88H170NO8P/c1-6-8-10-12-14-16-18-20-22-24-26-28-30-32-34-36-38-40-41-42-43-44-45-46-47-49-50-52-54-56-58-60-62-64-66-68-70-72-74-76-78-80-87(90)94-84-86(85-96-98(92,93)95-83-82-89(3,4)5)97-88(91)81-79-77-75-73-71-69-67-65-63-61-59-57-55-53-51-48-39-37-35-33-31-29-27-25-23-21-19-17-15-13-11-9-7-2/h19,21,24-27,86H,6-18,20,22-23,28-85H2,1-5H3/p+1/b21-19-,26-24-,27-25-. The topological polar surface area (TPSA) is 108 Å². The van der Waals surface area contributed by atoms with Crippen LogP contribution in [0.25, 0.3) is 0 Å². The first-order valence-corrected chi connectivity index (χ1v) is 45.2. The minimum absolute atomic E-state index is 0.0356. The summed E-state index contributed by atoms with van der Waals surface area (Å²) in [5.41, 5.74) is 0. The molecule has 0 radical (unpaired) electrons. The number of esters is 2. The highest BCUT2D eigenvalue weighted by atomic mass is 31.2. The van der Waals surface area contributed by atoms with E-state index in [0.29, 0.717) is 23.9 Å². The number of hydrogen-bond acceptors (Lipinski definition) is 7. The number of rotatable bonds is 83. The number of carbonyl (C=O) groups excluding carboxylic acids is 2. The van der Waals surface area contributed by atoms with Crippen molar-refractivity contribution in [3.63, 3.8) is 0 Å². The SMILES string of the molecule is CCCCCCC/C=C\C/C=C\CCCCCCCCCCCCCCCCCCCCCCCC(=O)OC(COC(=O)CCCCCCCCCCCCCCCCCCCCCCCCCCCCCCC/C=C\CCCCCCCCCC)COP(=O)(O)OCC[N+](C)(C)C. The van der Waals surface area contributed by atoms with Crippen LogP contribution in [0.15, 0.2) is 36.5 Å². The van der Waals surface area contributed by atoms with Crippen molar-refractivity contribution in [3.8, 4) is 0 Å². The van der Waals surface area contributed by atoms with Crippen LogP contribution >= 0.6 is 7.82 Å². The van der Waals surface area contributed by atoms with Crippen molar-refractivity contribution in [2.24, 2.45) is 0 Å². The van der Waals surface area contributed by atoms with E-state index in [2.05, 4.69) is 50.3 Å². The Kier molecular flexibility index (Phi) is 77.9. The van der Waals surface area contributed by atoms with Crippen LogP contribution < -0.4 is 0 Å². The molecule has 0 aliphatic rings. The Balaban J connectivity index is 3.84. The fourth-order valence-electron chi connectivity index (χ4n) is 13.5. The molecule has 580 valence electrons. The molecule has 0 amide bonds. The van der Waals surface area contributed by atoms with Crippen LogP contribution in [0.5, 0.6) is 0 Å². The molecular weight excluding hydrogens is 1230 g/mol. The van der Waals surface area contributed by atoms with Gasteiger partial charge in [0.1, 0.15) is 19.8 Å². The van der Waals surface area contributed by atoms with Gasteiger partial charge in [0, 0.05) is 12.8 Å². The summed E-state index contributed by atoms with van der Waals surface area (Å²) in [6.07, 6.45) is 105. The van der Waals surface area contributed by atoms with E-state index >= 15 is 0 Å². The normalized spacial score (nSPS) is 13.1. The first kappa shape index (κ1) is 96.2. The Morgan fingerprint density at radius 3 is 0.816 bits per heavy atom. The van der Waals surface area contributed by atoms with Crippen molar-refractivity contribution in [1.29, 1.82) is 0 Å². The third-order valence-electron chi connectivity index (χ3n) is 20.1. The summed E-state index contributed by atoms with van der Waals surface area (Å²) in [4.78, 5) is 36.0. The minimum Gasteiger partial charge on any atom is -0.462 e. The molecule has 0 aliphatic carbocycles. The van der Waals surface area contributed by atoms with Crippen LogP contribution in [0.2, 0.25) is 0 Å². The average Bonchev–Trinajstić information content (AvgIpc) is 1.08. The van der Waals surface area contributed by atoms with Gasteiger partial charge in [0.05, 0.1) is 27.7 Å². The third-order valence-corrected chi connectivity index (χ3v) is 21.1. The van der Waals surface area contributed by atoms with Crippen LogP contribution in [0.3, 0.4) is 0 Å². The summed E-state index contributed by atoms with van der Waals surface area (Å²) in [7, 11) is 1.51. The van der Waals surface area contributed by atoms with E-state index in [1.807, 2.05) is 21.1 Å². The van der Waals surface area contributed by atoms with Crippen LogP contribution in [0.1, 0.15) is 463 Å². The fraction of sp³-hybridized carbons (Fsp3) is 0.909. The number of nitrogens with zero attached hydrogens (tertiary/aromatic N) is 1. The maximum Gasteiger partial charge on any atom is 0.472 e. The van der Waals surface area contributed by atoms with Gasteiger partial charge in [-0.05, 0) is 70.6 Å². The largest absolute Gasteiger partial charge is 0.472 e. The minimum atomic E-state index is -4.39. The fourth-order valence-corrected chi connectivity index (χ4v) is 14.2. The second-order valence-electron chi connectivity index (χ2n) is 31.3. The van der Waals surface area contributed by atoms with E-state index in [9.17, 15) is 19.0 Å². The molecule has 10 heteroatoms. The van der Waals surface area contributed by atoms with E-state index in [4.69, 9.17) is 18.5 Å². The van der Waals surface area contributed by atoms with Gasteiger partial charge in [-0.15, -0.1) is 0 Å². The average molecular weight is 1400 g/mol. The number of allylic oxidation sites excluding steroid dienone is 6. The molecule has 2 unspecified atom stereocenters. The smallest absolute Gasteiger partial charge is 0.462 e. The predicted molar refractivity (Wildman–Crippen MR) is 427 cm³/mol. The van der Waals surface area contributed by atoms with Gasteiger partial charge in [0.25, 0.3) is 0 Å². The molecule has 0 aliphatic heterocycles. The molecule has 2 atom stereocenters. The van der Waals surface area contributed by atoms with Crippen LogP contribution in [-0.4, -0.2) is 74.9 Å². The lowest BCUT2D eigenvalue weighted by Gasteiger charge is -2.24. The second kappa shape index (κ2) is 79.3.